The number of oxazole rings is 1. The van der Waals surface area contributed by atoms with Gasteiger partial charge >= 0.3 is 5.97 Å². The minimum atomic E-state index is -0.572. The maximum atomic E-state index is 12.5. The van der Waals surface area contributed by atoms with Crippen LogP contribution in [0.25, 0.3) is 17.3 Å². The van der Waals surface area contributed by atoms with Crippen molar-refractivity contribution in [2.45, 2.75) is 20.1 Å². The van der Waals surface area contributed by atoms with Crippen LogP contribution in [0.3, 0.4) is 0 Å². The van der Waals surface area contributed by atoms with E-state index in [1.165, 1.54) is 13.4 Å². The molecule has 0 atom stereocenters. The molecule has 10 heteroatoms. The van der Waals surface area contributed by atoms with Gasteiger partial charge in [0, 0.05) is 6.20 Å². The van der Waals surface area contributed by atoms with Gasteiger partial charge in [-0.3, -0.25) is 4.79 Å². The number of benzene rings is 2. The summed E-state index contributed by atoms with van der Waals surface area (Å²) in [4.78, 5) is 28.5. The van der Waals surface area contributed by atoms with E-state index in [0.717, 1.165) is 5.69 Å². The largest absolute Gasteiger partial charge is 0.486 e. The highest BCUT2D eigenvalue weighted by molar-refractivity contribution is 5.92. The van der Waals surface area contributed by atoms with Crippen LogP contribution in [-0.2, 0) is 18.0 Å². The second-order valence-electron chi connectivity index (χ2n) is 8.19. The molecule has 0 saturated carbocycles. The van der Waals surface area contributed by atoms with Crippen LogP contribution in [0.5, 0.6) is 11.6 Å². The topological polar surface area (TPSA) is 119 Å². The molecule has 2 aromatic carbocycles. The summed E-state index contributed by atoms with van der Waals surface area (Å²) in [6.45, 7) is 1.90. The van der Waals surface area contributed by atoms with E-state index in [4.69, 9.17) is 23.0 Å². The molecular formula is C28H23N3O7. The van der Waals surface area contributed by atoms with Crippen LogP contribution in [0.15, 0.2) is 82.0 Å². The Morgan fingerprint density at radius 2 is 1.89 bits per heavy atom. The number of carbonyl (C=O) groups is 2. The lowest BCUT2D eigenvalue weighted by atomic mass is 10.1. The van der Waals surface area contributed by atoms with Gasteiger partial charge in [-0.05, 0) is 48.9 Å². The molecule has 0 amide bonds. The molecular weight excluding hydrogens is 490 g/mol. The van der Waals surface area contributed by atoms with Gasteiger partial charge < -0.3 is 23.0 Å². The molecule has 0 spiro atoms. The van der Waals surface area contributed by atoms with E-state index in [-0.39, 0.29) is 24.7 Å². The summed E-state index contributed by atoms with van der Waals surface area (Å²) >= 11 is 0. The standard InChI is InChI=1S/C28H23N3O7/c1-18-23(29-27(38-18)25-9-6-12-35-25)17-36-24-11-10-19(13-22(24)28(33)34-2)16-37-26-20(15-32)14-31(30-26)21-7-4-3-5-8-21/h3-15H,16-17H2,1-2H3. The predicted molar refractivity (Wildman–Crippen MR) is 134 cm³/mol. The number of ether oxygens (including phenoxy) is 3. The summed E-state index contributed by atoms with van der Waals surface area (Å²) in [5, 5.41) is 4.37. The highest BCUT2D eigenvalue weighted by Crippen LogP contribution is 2.26. The number of carbonyl (C=O) groups excluding carboxylic acids is 2. The molecule has 38 heavy (non-hydrogen) atoms. The first kappa shape index (κ1) is 24.6. The normalized spacial score (nSPS) is 10.8. The van der Waals surface area contributed by atoms with Crippen molar-refractivity contribution in [2.75, 3.05) is 7.11 Å². The number of para-hydroxylation sites is 1. The molecule has 0 saturated heterocycles. The van der Waals surface area contributed by atoms with Crippen molar-refractivity contribution >= 4 is 12.3 Å². The molecule has 0 radical (unpaired) electrons. The number of aryl methyl sites for hydroxylation is 1. The van der Waals surface area contributed by atoms with Gasteiger partial charge in [-0.2, -0.15) is 0 Å². The predicted octanol–water partition coefficient (Wildman–Crippen LogP) is 5.19. The number of hydrogen-bond acceptors (Lipinski definition) is 9. The maximum Gasteiger partial charge on any atom is 0.341 e. The van der Waals surface area contributed by atoms with Gasteiger partial charge in [-0.25, -0.2) is 14.5 Å². The number of hydrogen-bond donors (Lipinski definition) is 0. The van der Waals surface area contributed by atoms with E-state index in [0.29, 0.717) is 46.3 Å². The molecule has 192 valence electrons. The number of esters is 1. The van der Waals surface area contributed by atoms with E-state index < -0.39 is 5.97 Å². The third kappa shape index (κ3) is 5.19. The SMILES string of the molecule is COC(=O)c1cc(COc2nn(-c3ccccc3)cc2C=O)ccc1OCc1nc(-c2ccco2)oc1C. The van der Waals surface area contributed by atoms with E-state index >= 15 is 0 Å². The second kappa shape index (κ2) is 10.9. The Morgan fingerprint density at radius 3 is 2.63 bits per heavy atom. The Bertz CT molecular complexity index is 1550. The van der Waals surface area contributed by atoms with Crippen LogP contribution in [0.2, 0.25) is 0 Å². The summed E-state index contributed by atoms with van der Waals surface area (Å²) in [6, 6.07) is 17.9. The van der Waals surface area contributed by atoms with E-state index in [1.54, 1.807) is 48.1 Å². The molecule has 3 aromatic heterocycles. The smallest absolute Gasteiger partial charge is 0.341 e. The van der Waals surface area contributed by atoms with Gasteiger partial charge in [0.05, 0.1) is 24.6 Å². The maximum absolute atomic E-state index is 12.5. The molecule has 5 aromatic rings. The molecule has 0 aliphatic heterocycles. The molecule has 5 rings (SSSR count). The molecule has 0 N–H and O–H groups in total. The Hall–Kier alpha value is -5.12. The van der Waals surface area contributed by atoms with Gasteiger partial charge in [0.1, 0.15) is 36.0 Å². The zero-order valence-corrected chi connectivity index (χ0v) is 20.6. The van der Waals surface area contributed by atoms with Crippen LogP contribution in [0.1, 0.15) is 37.7 Å². The van der Waals surface area contributed by atoms with Crippen molar-refractivity contribution in [3.63, 3.8) is 0 Å². The molecule has 0 aliphatic carbocycles. The fourth-order valence-electron chi connectivity index (χ4n) is 3.71. The monoisotopic (exact) mass is 513 g/mol. The average Bonchev–Trinajstić information content (AvgIpc) is 3.71. The number of nitrogens with zero attached hydrogens (tertiary/aromatic N) is 3. The van der Waals surface area contributed by atoms with E-state index in [2.05, 4.69) is 10.1 Å². The molecule has 10 nitrogen and oxygen atoms in total. The third-order valence-corrected chi connectivity index (χ3v) is 5.67. The molecule has 3 heterocycles. The van der Waals surface area contributed by atoms with Gasteiger partial charge in [-0.15, -0.1) is 5.10 Å². The quantitative estimate of drug-likeness (QED) is 0.184. The Kier molecular flexibility index (Phi) is 7.03. The van der Waals surface area contributed by atoms with Crippen LogP contribution >= 0.6 is 0 Å². The highest BCUT2D eigenvalue weighted by Gasteiger charge is 2.18. The first-order valence-corrected chi connectivity index (χ1v) is 11.6. The van der Waals surface area contributed by atoms with Crippen molar-refractivity contribution in [3.05, 3.63) is 101 Å². The highest BCUT2D eigenvalue weighted by atomic mass is 16.5. The summed E-state index contributed by atoms with van der Waals surface area (Å²) < 4.78 is 29.2. The molecule has 0 fully saturated rings. The molecule has 0 bridgehead atoms. The van der Waals surface area contributed by atoms with Gasteiger partial charge in [0.25, 0.3) is 5.89 Å². The first-order chi connectivity index (χ1) is 18.6. The summed E-state index contributed by atoms with van der Waals surface area (Å²) in [5.74, 6) is 1.34. The minimum absolute atomic E-state index is 0.0613. The minimum Gasteiger partial charge on any atom is -0.486 e. The lowest BCUT2D eigenvalue weighted by molar-refractivity contribution is 0.0595. The number of aldehydes is 1. The molecule has 0 aliphatic rings. The Labute approximate surface area is 217 Å². The molecule has 0 unspecified atom stereocenters. The summed E-state index contributed by atoms with van der Waals surface area (Å²) in [6.07, 6.45) is 3.81. The third-order valence-electron chi connectivity index (χ3n) is 5.67. The first-order valence-electron chi connectivity index (χ1n) is 11.6. The number of methoxy groups -OCH3 is 1. The van der Waals surface area contributed by atoms with Crippen molar-refractivity contribution in [2.24, 2.45) is 0 Å². The lowest BCUT2D eigenvalue weighted by Crippen LogP contribution is -2.08. The van der Waals surface area contributed by atoms with E-state index in [9.17, 15) is 9.59 Å². The van der Waals surface area contributed by atoms with E-state index in [1.807, 2.05) is 30.3 Å². The van der Waals surface area contributed by atoms with Crippen LogP contribution in [0.4, 0.5) is 0 Å². The van der Waals surface area contributed by atoms with Gasteiger partial charge in [-0.1, -0.05) is 24.3 Å². The Balaban J connectivity index is 1.31. The van der Waals surface area contributed by atoms with Crippen molar-refractivity contribution in [3.8, 4) is 29.0 Å². The zero-order chi connectivity index (χ0) is 26.5. The zero-order valence-electron chi connectivity index (χ0n) is 20.6. The fourth-order valence-corrected chi connectivity index (χ4v) is 3.71. The fraction of sp³-hybridized carbons (Fsp3) is 0.143. The van der Waals surface area contributed by atoms with Crippen LogP contribution < -0.4 is 9.47 Å². The van der Waals surface area contributed by atoms with Crippen LogP contribution in [0, 0.1) is 6.92 Å². The second-order valence-corrected chi connectivity index (χ2v) is 8.19. The van der Waals surface area contributed by atoms with Crippen molar-refractivity contribution in [1.82, 2.24) is 14.8 Å². The Morgan fingerprint density at radius 1 is 1.05 bits per heavy atom. The number of furan rings is 1. The summed E-state index contributed by atoms with van der Waals surface area (Å²) in [7, 11) is 1.29. The average molecular weight is 514 g/mol. The van der Waals surface area contributed by atoms with Crippen molar-refractivity contribution < 1.29 is 32.6 Å². The van der Waals surface area contributed by atoms with Crippen LogP contribution in [-0.4, -0.2) is 34.1 Å². The lowest BCUT2D eigenvalue weighted by Gasteiger charge is -2.12. The number of aromatic nitrogens is 3. The number of rotatable bonds is 10. The summed E-state index contributed by atoms with van der Waals surface area (Å²) in [5.41, 5.74) is 2.53. The van der Waals surface area contributed by atoms with Gasteiger partial charge in [0.15, 0.2) is 12.0 Å². The van der Waals surface area contributed by atoms with Gasteiger partial charge in [0.2, 0.25) is 5.88 Å². The van der Waals surface area contributed by atoms with Crippen molar-refractivity contribution in [1.29, 1.82) is 0 Å².